The molecule has 2 rings (SSSR count). The molecular formula is C21H24O4. The number of para-hydroxylation sites is 1. The summed E-state index contributed by atoms with van der Waals surface area (Å²) >= 11 is 0. The molecule has 132 valence electrons. The van der Waals surface area contributed by atoms with Gasteiger partial charge >= 0.3 is 0 Å². The Labute approximate surface area is 148 Å². The van der Waals surface area contributed by atoms with Crippen LogP contribution in [0.5, 0.6) is 11.5 Å². The molecule has 0 heterocycles. The Morgan fingerprint density at radius 1 is 1.12 bits per heavy atom. The van der Waals surface area contributed by atoms with E-state index in [0.29, 0.717) is 25.0 Å². The lowest BCUT2D eigenvalue weighted by molar-refractivity contribution is 0.181. The van der Waals surface area contributed by atoms with Gasteiger partial charge in [0.25, 0.3) is 0 Å². The van der Waals surface area contributed by atoms with Gasteiger partial charge in [0.1, 0.15) is 18.1 Å². The second-order valence-electron chi connectivity index (χ2n) is 5.95. The van der Waals surface area contributed by atoms with Gasteiger partial charge in [-0.05, 0) is 42.8 Å². The van der Waals surface area contributed by atoms with E-state index < -0.39 is 12.2 Å². The number of rotatable bonds is 8. The fourth-order valence-electron chi connectivity index (χ4n) is 2.39. The smallest absolute Gasteiger partial charge is 0.119 e. The van der Waals surface area contributed by atoms with Crippen molar-refractivity contribution in [3.63, 3.8) is 0 Å². The summed E-state index contributed by atoms with van der Waals surface area (Å²) in [5, 5.41) is 29.3. The van der Waals surface area contributed by atoms with Gasteiger partial charge in [-0.15, -0.1) is 5.73 Å². The van der Waals surface area contributed by atoms with Gasteiger partial charge in [-0.1, -0.05) is 30.3 Å². The van der Waals surface area contributed by atoms with E-state index in [2.05, 4.69) is 5.73 Å². The topological polar surface area (TPSA) is 69.9 Å². The third-order valence-corrected chi connectivity index (χ3v) is 3.60. The first-order valence-electron chi connectivity index (χ1n) is 8.30. The monoisotopic (exact) mass is 340 g/mol. The number of hydrogen-bond acceptors (Lipinski definition) is 4. The number of ether oxygens (including phenoxy) is 1. The van der Waals surface area contributed by atoms with Crippen molar-refractivity contribution in [2.24, 2.45) is 0 Å². The molecule has 2 atom stereocenters. The molecule has 4 heteroatoms. The van der Waals surface area contributed by atoms with Gasteiger partial charge < -0.3 is 20.1 Å². The standard InChI is InChI=1S/C21H24O4/c1-16(22)13-17(15-25-20-10-3-2-4-11-20)7-5-12-21(24)18-8-6-9-19(23)14-18/h2-6,8-11,14,16,21-24H,12-13,15H2,1H3/t7?,16-,21+/m0/s1. The minimum Gasteiger partial charge on any atom is -0.508 e. The van der Waals surface area contributed by atoms with Crippen LogP contribution in [-0.4, -0.2) is 28.0 Å². The van der Waals surface area contributed by atoms with Crippen molar-refractivity contribution in [2.75, 3.05) is 6.61 Å². The van der Waals surface area contributed by atoms with Crippen LogP contribution in [0.3, 0.4) is 0 Å². The molecule has 0 aliphatic carbocycles. The summed E-state index contributed by atoms with van der Waals surface area (Å²) < 4.78 is 5.70. The molecule has 2 aromatic carbocycles. The maximum absolute atomic E-state index is 10.2. The highest BCUT2D eigenvalue weighted by Gasteiger charge is 2.07. The molecule has 0 radical (unpaired) electrons. The van der Waals surface area contributed by atoms with Crippen LogP contribution in [0.2, 0.25) is 0 Å². The number of aliphatic hydroxyl groups excluding tert-OH is 2. The summed E-state index contributed by atoms with van der Waals surface area (Å²) in [5.74, 6) is 0.884. The first-order valence-corrected chi connectivity index (χ1v) is 8.30. The Morgan fingerprint density at radius 2 is 1.88 bits per heavy atom. The predicted octanol–water partition coefficient (Wildman–Crippen LogP) is 3.75. The molecule has 0 unspecified atom stereocenters. The van der Waals surface area contributed by atoms with Crippen LogP contribution >= 0.6 is 0 Å². The summed E-state index contributed by atoms with van der Waals surface area (Å²) in [6.45, 7) is 2.04. The number of hydrogen-bond donors (Lipinski definition) is 3. The third kappa shape index (κ3) is 6.86. The van der Waals surface area contributed by atoms with Crippen molar-refractivity contribution < 1.29 is 20.1 Å². The highest BCUT2D eigenvalue weighted by Crippen LogP contribution is 2.21. The SMILES string of the molecule is C[C@H](O)CC(=C=CC[C@@H](O)c1cccc(O)c1)COc1ccccc1. The minimum atomic E-state index is -0.720. The van der Waals surface area contributed by atoms with E-state index in [1.54, 1.807) is 31.2 Å². The van der Waals surface area contributed by atoms with Gasteiger partial charge in [-0.25, -0.2) is 0 Å². The van der Waals surface area contributed by atoms with Crippen molar-refractivity contribution in [3.8, 4) is 11.5 Å². The van der Waals surface area contributed by atoms with Gasteiger partial charge in [0, 0.05) is 18.4 Å². The van der Waals surface area contributed by atoms with Crippen molar-refractivity contribution in [1.29, 1.82) is 0 Å². The molecule has 4 nitrogen and oxygen atoms in total. The summed E-state index contributed by atoms with van der Waals surface area (Å²) in [7, 11) is 0. The largest absolute Gasteiger partial charge is 0.508 e. The molecule has 0 aliphatic heterocycles. The molecule has 25 heavy (non-hydrogen) atoms. The molecule has 0 aliphatic rings. The summed E-state index contributed by atoms with van der Waals surface area (Å²) in [6.07, 6.45) is 1.33. The Bertz CT molecular complexity index is 716. The fourth-order valence-corrected chi connectivity index (χ4v) is 2.39. The molecule has 0 saturated carbocycles. The van der Waals surface area contributed by atoms with Gasteiger partial charge in [-0.3, -0.25) is 0 Å². The summed E-state index contributed by atoms with van der Waals surface area (Å²) in [6, 6.07) is 16.0. The molecule has 0 fully saturated rings. The van der Waals surface area contributed by atoms with Gasteiger partial charge in [0.05, 0.1) is 12.2 Å². The molecule has 3 N–H and O–H groups in total. The van der Waals surface area contributed by atoms with E-state index in [0.717, 1.165) is 11.3 Å². The van der Waals surface area contributed by atoms with Crippen LogP contribution in [0.1, 0.15) is 31.4 Å². The summed E-state index contributed by atoms with van der Waals surface area (Å²) in [4.78, 5) is 0. The number of phenols is 1. The van der Waals surface area contributed by atoms with Crippen molar-refractivity contribution in [3.05, 3.63) is 77.5 Å². The van der Waals surface area contributed by atoms with Gasteiger partial charge in [-0.2, -0.15) is 0 Å². The van der Waals surface area contributed by atoms with Crippen LogP contribution in [0.4, 0.5) is 0 Å². The quantitative estimate of drug-likeness (QED) is 0.640. The average molecular weight is 340 g/mol. The van der Waals surface area contributed by atoms with Crippen LogP contribution in [-0.2, 0) is 0 Å². The van der Waals surface area contributed by atoms with Crippen LogP contribution in [0.15, 0.2) is 72.0 Å². The van der Waals surface area contributed by atoms with Gasteiger partial charge in [0.2, 0.25) is 0 Å². The highest BCUT2D eigenvalue weighted by molar-refractivity contribution is 5.29. The molecule has 0 saturated heterocycles. The lowest BCUT2D eigenvalue weighted by Gasteiger charge is -2.10. The number of benzene rings is 2. The predicted molar refractivity (Wildman–Crippen MR) is 97.5 cm³/mol. The molecule has 0 bridgehead atoms. The lowest BCUT2D eigenvalue weighted by Crippen LogP contribution is -2.07. The lowest BCUT2D eigenvalue weighted by atomic mass is 10.1. The number of aliphatic hydroxyl groups is 2. The second kappa shape index (κ2) is 9.70. The molecule has 0 aromatic heterocycles. The third-order valence-electron chi connectivity index (χ3n) is 3.60. The maximum Gasteiger partial charge on any atom is 0.119 e. The van der Waals surface area contributed by atoms with Crippen molar-refractivity contribution in [1.82, 2.24) is 0 Å². The van der Waals surface area contributed by atoms with E-state index in [1.165, 1.54) is 6.07 Å². The maximum atomic E-state index is 10.2. The van der Waals surface area contributed by atoms with E-state index in [4.69, 9.17) is 4.74 Å². The van der Waals surface area contributed by atoms with Gasteiger partial charge in [0.15, 0.2) is 0 Å². The van der Waals surface area contributed by atoms with Crippen LogP contribution in [0.25, 0.3) is 0 Å². The van der Waals surface area contributed by atoms with Crippen molar-refractivity contribution in [2.45, 2.75) is 32.0 Å². The van der Waals surface area contributed by atoms with E-state index in [9.17, 15) is 15.3 Å². The zero-order valence-electron chi connectivity index (χ0n) is 14.3. The van der Waals surface area contributed by atoms with Crippen molar-refractivity contribution >= 4 is 0 Å². The second-order valence-corrected chi connectivity index (χ2v) is 5.95. The van der Waals surface area contributed by atoms with Crippen LogP contribution < -0.4 is 4.74 Å². The zero-order valence-corrected chi connectivity index (χ0v) is 14.3. The highest BCUT2D eigenvalue weighted by atomic mass is 16.5. The first kappa shape index (κ1) is 18.8. The molecular weight excluding hydrogens is 316 g/mol. The Balaban J connectivity index is 2.01. The zero-order chi connectivity index (χ0) is 18.1. The van der Waals surface area contributed by atoms with E-state index >= 15 is 0 Å². The molecule has 0 spiro atoms. The first-order chi connectivity index (χ1) is 12.0. The average Bonchev–Trinajstić information content (AvgIpc) is 2.60. The number of phenolic OH excluding ortho intramolecular Hbond substituents is 1. The Hall–Kier alpha value is -2.52. The fraction of sp³-hybridized carbons (Fsp3) is 0.286. The van der Waals surface area contributed by atoms with E-state index in [1.807, 2.05) is 30.3 Å². The Kier molecular flexibility index (Phi) is 7.30. The molecule has 0 amide bonds. The normalized spacial score (nSPS) is 12.8. The minimum absolute atomic E-state index is 0.127. The van der Waals surface area contributed by atoms with E-state index in [-0.39, 0.29) is 5.75 Å². The molecule has 2 aromatic rings. The summed E-state index contributed by atoms with van der Waals surface area (Å²) in [5.41, 5.74) is 4.59. The number of aromatic hydroxyl groups is 1. The van der Waals surface area contributed by atoms with Crippen LogP contribution in [0, 0.1) is 0 Å². The Morgan fingerprint density at radius 3 is 2.56 bits per heavy atom.